The van der Waals surface area contributed by atoms with Crippen molar-refractivity contribution in [2.75, 3.05) is 26.4 Å². The molecule has 0 spiro atoms. The fraction of sp³-hybridized carbons (Fsp3) is 0.529. The topological polar surface area (TPSA) is 110 Å². The SMILES string of the molecule is Cc1nonc1CN(C)C(=O)c1ccc([C@@H]2CCCN(S(C)(=O)=O)C2)nc1. The van der Waals surface area contributed by atoms with E-state index < -0.39 is 10.0 Å². The van der Waals surface area contributed by atoms with Crippen LogP contribution in [0.4, 0.5) is 0 Å². The lowest BCUT2D eigenvalue weighted by atomic mass is 9.95. The Hall–Kier alpha value is -2.33. The zero-order chi connectivity index (χ0) is 19.6. The van der Waals surface area contributed by atoms with Gasteiger partial charge < -0.3 is 4.90 Å². The van der Waals surface area contributed by atoms with Gasteiger partial charge in [-0.25, -0.2) is 17.4 Å². The second-order valence-corrected chi connectivity index (χ2v) is 8.87. The lowest BCUT2D eigenvalue weighted by Crippen LogP contribution is -2.38. The van der Waals surface area contributed by atoms with Crippen molar-refractivity contribution in [1.82, 2.24) is 24.5 Å². The third kappa shape index (κ3) is 4.51. The van der Waals surface area contributed by atoms with Gasteiger partial charge in [0, 0.05) is 37.9 Å². The number of carbonyl (C=O) groups excluding carboxylic acids is 1. The van der Waals surface area contributed by atoms with Crippen LogP contribution < -0.4 is 0 Å². The summed E-state index contributed by atoms with van der Waals surface area (Å²) in [5, 5.41) is 7.49. The van der Waals surface area contributed by atoms with Gasteiger partial charge in [-0.1, -0.05) is 10.3 Å². The molecule has 1 aliphatic heterocycles. The summed E-state index contributed by atoms with van der Waals surface area (Å²) < 4.78 is 29.7. The number of piperidine rings is 1. The molecule has 1 aliphatic rings. The van der Waals surface area contributed by atoms with Gasteiger partial charge in [-0.3, -0.25) is 9.78 Å². The number of hydrogen-bond donors (Lipinski definition) is 0. The van der Waals surface area contributed by atoms with Gasteiger partial charge in [0.25, 0.3) is 5.91 Å². The number of carbonyl (C=O) groups is 1. The van der Waals surface area contributed by atoms with E-state index in [1.54, 1.807) is 32.3 Å². The molecule has 1 saturated heterocycles. The van der Waals surface area contributed by atoms with E-state index in [1.807, 2.05) is 0 Å². The van der Waals surface area contributed by atoms with Gasteiger partial charge in [0.1, 0.15) is 11.4 Å². The lowest BCUT2D eigenvalue weighted by molar-refractivity contribution is 0.0781. The van der Waals surface area contributed by atoms with Crippen molar-refractivity contribution in [3.05, 3.63) is 41.0 Å². The molecule has 1 amide bonds. The van der Waals surface area contributed by atoms with Crippen LogP contribution >= 0.6 is 0 Å². The maximum absolute atomic E-state index is 12.6. The van der Waals surface area contributed by atoms with E-state index in [9.17, 15) is 13.2 Å². The van der Waals surface area contributed by atoms with Crippen molar-refractivity contribution in [2.24, 2.45) is 0 Å². The van der Waals surface area contributed by atoms with Crippen LogP contribution in [0.1, 0.15) is 46.2 Å². The molecule has 0 bridgehead atoms. The molecule has 0 aliphatic carbocycles. The standard InChI is InChI=1S/C17H23N5O4S/c1-12-16(20-26-19-12)11-21(2)17(23)13-6-7-15(18-9-13)14-5-4-8-22(10-14)27(3,24)25/h6-7,9,14H,4-5,8,10-11H2,1-3H3/t14-/m1/s1. The van der Waals surface area contributed by atoms with E-state index in [2.05, 4.69) is 19.9 Å². The van der Waals surface area contributed by atoms with Crippen LogP contribution in [-0.2, 0) is 16.6 Å². The smallest absolute Gasteiger partial charge is 0.255 e. The molecule has 0 unspecified atom stereocenters. The molecule has 9 nitrogen and oxygen atoms in total. The van der Waals surface area contributed by atoms with Gasteiger partial charge in [0.15, 0.2) is 0 Å². The summed E-state index contributed by atoms with van der Waals surface area (Å²) in [4.78, 5) is 18.5. The minimum absolute atomic E-state index is 0.0409. The van der Waals surface area contributed by atoms with Crippen LogP contribution in [0.2, 0.25) is 0 Å². The first-order valence-electron chi connectivity index (χ1n) is 8.70. The number of sulfonamides is 1. The molecule has 0 aromatic carbocycles. The maximum atomic E-state index is 12.6. The molecule has 2 aromatic rings. The lowest BCUT2D eigenvalue weighted by Gasteiger charge is -2.30. The molecule has 1 fully saturated rings. The van der Waals surface area contributed by atoms with E-state index in [-0.39, 0.29) is 11.8 Å². The van der Waals surface area contributed by atoms with Gasteiger partial charge in [0.05, 0.1) is 18.4 Å². The van der Waals surface area contributed by atoms with Crippen LogP contribution in [0, 0.1) is 6.92 Å². The highest BCUT2D eigenvalue weighted by molar-refractivity contribution is 7.88. The van der Waals surface area contributed by atoms with E-state index in [4.69, 9.17) is 0 Å². The number of pyridine rings is 1. The summed E-state index contributed by atoms with van der Waals surface area (Å²) in [6, 6.07) is 3.54. The minimum atomic E-state index is -3.20. The largest absolute Gasteiger partial charge is 0.336 e. The molecule has 3 heterocycles. The maximum Gasteiger partial charge on any atom is 0.255 e. The summed E-state index contributed by atoms with van der Waals surface area (Å²) in [7, 11) is -1.53. The Morgan fingerprint density at radius 3 is 2.74 bits per heavy atom. The second-order valence-electron chi connectivity index (χ2n) is 6.89. The summed E-state index contributed by atoms with van der Waals surface area (Å²) in [5.74, 6) is -0.142. The Kier molecular flexibility index (Phi) is 5.56. The number of amides is 1. The molecule has 1 atom stereocenters. The molecule has 0 N–H and O–H groups in total. The molecule has 0 radical (unpaired) electrons. The van der Waals surface area contributed by atoms with Crippen LogP contribution in [-0.4, -0.2) is 65.2 Å². The normalized spacial score (nSPS) is 18.4. The summed E-state index contributed by atoms with van der Waals surface area (Å²) >= 11 is 0. The van der Waals surface area contributed by atoms with Gasteiger partial charge in [-0.2, -0.15) is 0 Å². The number of hydrogen-bond acceptors (Lipinski definition) is 7. The van der Waals surface area contributed by atoms with E-state index in [0.717, 1.165) is 18.5 Å². The summed E-state index contributed by atoms with van der Waals surface area (Å²) in [6.07, 6.45) is 4.45. The Morgan fingerprint density at radius 1 is 1.37 bits per heavy atom. The molecule has 0 saturated carbocycles. The number of rotatable bonds is 5. The molecule has 10 heteroatoms. The quantitative estimate of drug-likeness (QED) is 0.750. The molecule has 27 heavy (non-hydrogen) atoms. The number of aromatic nitrogens is 3. The van der Waals surface area contributed by atoms with Crippen molar-refractivity contribution in [2.45, 2.75) is 32.2 Å². The van der Waals surface area contributed by atoms with Gasteiger partial charge in [-0.15, -0.1) is 0 Å². The Bertz CT molecular complexity index is 910. The third-order valence-corrected chi connectivity index (χ3v) is 6.05. The average molecular weight is 393 g/mol. The highest BCUT2D eigenvalue weighted by Crippen LogP contribution is 2.27. The third-order valence-electron chi connectivity index (χ3n) is 4.78. The van der Waals surface area contributed by atoms with E-state index in [0.29, 0.717) is 36.6 Å². The number of aryl methyl sites for hydroxylation is 1. The average Bonchev–Trinajstić information content (AvgIpc) is 3.05. The second kappa shape index (κ2) is 7.73. The van der Waals surface area contributed by atoms with Gasteiger partial charge >= 0.3 is 0 Å². The fourth-order valence-electron chi connectivity index (χ4n) is 3.17. The zero-order valence-corrected chi connectivity index (χ0v) is 16.4. The molecular formula is C17H23N5O4S. The van der Waals surface area contributed by atoms with Gasteiger partial charge in [0.2, 0.25) is 10.0 Å². The predicted octanol–water partition coefficient (Wildman–Crippen LogP) is 1.18. The summed E-state index contributed by atoms with van der Waals surface area (Å²) in [6.45, 7) is 3.04. The first-order valence-corrected chi connectivity index (χ1v) is 10.5. The Labute approximate surface area is 158 Å². The Balaban J connectivity index is 1.67. The molecular weight excluding hydrogens is 370 g/mol. The monoisotopic (exact) mass is 393 g/mol. The minimum Gasteiger partial charge on any atom is -0.336 e. The van der Waals surface area contributed by atoms with Crippen molar-refractivity contribution in [3.63, 3.8) is 0 Å². The first kappa shape index (κ1) is 19.4. The van der Waals surface area contributed by atoms with E-state index >= 15 is 0 Å². The molecule has 2 aromatic heterocycles. The van der Waals surface area contributed by atoms with Crippen molar-refractivity contribution >= 4 is 15.9 Å². The first-order chi connectivity index (χ1) is 12.8. The highest BCUT2D eigenvalue weighted by atomic mass is 32.2. The molecule has 146 valence electrons. The van der Waals surface area contributed by atoms with Crippen molar-refractivity contribution < 1.29 is 17.8 Å². The van der Waals surface area contributed by atoms with Crippen molar-refractivity contribution in [1.29, 1.82) is 0 Å². The van der Waals surface area contributed by atoms with Crippen LogP contribution in [0.25, 0.3) is 0 Å². The highest BCUT2D eigenvalue weighted by Gasteiger charge is 2.27. The summed E-state index contributed by atoms with van der Waals surface area (Å²) in [5.41, 5.74) is 2.53. The number of nitrogens with zero attached hydrogens (tertiary/aromatic N) is 5. The predicted molar refractivity (Wildman–Crippen MR) is 97.5 cm³/mol. The van der Waals surface area contributed by atoms with Crippen LogP contribution in [0.15, 0.2) is 23.0 Å². The van der Waals surface area contributed by atoms with E-state index in [1.165, 1.54) is 15.5 Å². The van der Waals surface area contributed by atoms with Crippen LogP contribution in [0.5, 0.6) is 0 Å². The Morgan fingerprint density at radius 2 is 2.15 bits per heavy atom. The molecule has 3 rings (SSSR count). The van der Waals surface area contributed by atoms with Gasteiger partial charge in [-0.05, 0) is 31.9 Å². The van der Waals surface area contributed by atoms with Crippen molar-refractivity contribution in [3.8, 4) is 0 Å². The fourth-order valence-corrected chi connectivity index (χ4v) is 4.08. The zero-order valence-electron chi connectivity index (χ0n) is 15.6. The van der Waals surface area contributed by atoms with Crippen LogP contribution in [0.3, 0.4) is 0 Å².